The zero-order valence-electron chi connectivity index (χ0n) is 24.4. The molecule has 1 aromatic carbocycles. The molecule has 10 heteroatoms. The molecule has 0 spiro atoms. The number of rotatable bonds is 10. The Morgan fingerprint density at radius 1 is 1.15 bits per heavy atom. The summed E-state index contributed by atoms with van der Waals surface area (Å²) in [4.78, 5) is 16.0. The van der Waals surface area contributed by atoms with Gasteiger partial charge < -0.3 is 24.8 Å². The molecule has 0 aliphatic carbocycles. The Morgan fingerprint density at radius 2 is 1.85 bits per heavy atom. The Morgan fingerprint density at radius 3 is 2.44 bits per heavy atom. The summed E-state index contributed by atoms with van der Waals surface area (Å²) in [6.07, 6.45) is 2.58. The summed E-state index contributed by atoms with van der Waals surface area (Å²) < 4.78 is 20.8. The van der Waals surface area contributed by atoms with Crippen molar-refractivity contribution in [1.29, 1.82) is 0 Å². The van der Waals surface area contributed by atoms with E-state index in [0.29, 0.717) is 30.3 Å². The lowest BCUT2D eigenvalue weighted by molar-refractivity contribution is -0.714. The smallest absolute Gasteiger partial charge is 0.355 e. The molecule has 1 aliphatic rings. The van der Waals surface area contributed by atoms with Crippen molar-refractivity contribution in [3.8, 4) is 11.6 Å². The molecule has 0 bridgehead atoms. The second-order valence-corrected chi connectivity index (χ2v) is 11.0. The molecule has 0 radical (unpaired) electrons. The largest absolute Gasteiger partial charge is 0.494 e. The second kappa shape index (κ2) is 11.8. The standard InChI is InChI=1S/C29H43N6O4/c1-8-19-17-25-34(32-28(30)35(25)31-27(19)39-21(9-2)10-3)18-24(36)20-15-22(29(4,5)6)26(37-7)23(16-20)33-11-13-38-14-12-33/h15-17,21H,8-14,18H2,1-7H3,(H2,30,32)/q+1. The number of methoxy groups -OCH3 is 1. The first kappa shape index (κ1) is 28.6. The molecule has 39 heavy (non-hydrogen) atoms. The van der Waals surface area contributed by atoms with Gasteiger partial charge in [0.15, 0.2) is 6.54 Å². The van der Waals surface area contributed by atoms with E-state index in [1.807, 2.05) is 18.2 Å². The summed E-state index contributed by atoms with van der Waals surface area (Å²) in [7, 11) is 1.69. The van der Waals surface area contributed by atoms with E-state index in [2.05, 4.69) is 56.6 Å². The highest BCUT2D eigenvalue weighted by Gasteiger charge is 2.29. The number of fused-ring (bicyclic) bond motifs is 1. The number of Topliss-reactive ketones (excluding diaryl/α,β-unsaturated/α-hetero) is 1. The number of ether oxygens (including phenoxy) is 3. The Balaban J connectivity index is 1.74. The molecule has 3 heterocycles. The molecule has 10 nitrogen and oxygen atoms in total. The van der Waals surface area contributed by atoms with Crippen LogP contribution < -0.4 is 24.8 Å². The van der Waals surface area contributed by atoms with Gasteiger partial charge in [0.25, 0.3) is 5.88 Å². The van der Waals surface area contributed by atoms with Crippen molar-refractivity contribution >= 4 is 23.1 Å². The lowest BCUT2D eigenvalue weighted by Gasteiger charge is -2.33. The minimum absolute atomic E-state index is 0.0245. The number of ketones is 1. The van der Waals surface area contributed by atoms with Crippen molar-refractivity contribution in [2.45, 2.75) is 78.9 Å². The Labute approximate surface area is 231 Å². The van der Waals surface area contributed by atoms with Crippen molar-refractivity contribution < 1.29 is 23.7 Å². The molecule has 1 aliphatic heterocycles. The van der Waals surface area contributed by atoms with Crippen LogP contribution in [0.2, 0.25) is 0 Å². The fourth-order valence-corrected chi connectivity index (χ4v) is 4.95. The first-order valence-corrected chi connectivity index (χ1v) is 13.9. The van der Waals surface area contributed by atoms with E-state index in [1.54, 1.807) is 16.3 Å². The summed E-state index contributed by atoms with van der Waals surface area (Å²) >= 11 is 0. The Kier molecular flexibility index (Phi) is 8.64. The number of nitrogens with two attached hydrogens (primary N) is 1. The summed E-state index contributed by atoms with van der Waals surface area (Å²) in [6, 6.07) is 5.85. The molecule has 0 amide bonds. The van der Waals surface area contributed by atoms with Gasteiger partial charge in [-0.15, -0.1) is 4.68 Å². The second-order valence-electron chi connectivity index (χ2n) is 11.0. The van der Waals surface area contributed by atoms with Crippen molar-refractivity contribution in [2.24, 2.45) is 0 Å². The number of benzene rings is 1. The van der Waals surface area contributed by atoms with Crippen molar-refractivity contribution in [2.75, 3.05) is 44.0 Å². The van der Waals surface area contributed by atoms with E-state index in [0.717, 1.165) is 54.9 Å². The highest BCUT2D eigenvalue weighted by atomic mass is 16.5. The van der Waals surface area contributed by atoms with Gasteiger partial charge in [0.05, 0.1) is 26.0 Å². The predicted molar refractivity (Wildman–Crippen MR) is 151 cm³/mol. The van der Waals surface area contributed by atoms with Crippen LogP contribution in [-0.2, 0) is 23.1 Å². The average molecular weight is 540 g/mol. The lowest BCUT2D eigenvalue weighted by Crippen LogP contribution is -2.41. The molecule has 212 valence electrons. The summed E-state index contributed by atoms with van der Waals surface area (Å²) in [5.41, 5.74) is 10.1. The SMILES string of the molecule is CCc1cc2n(nc1OC(CC)CC)c(N)n[n+]2CC(=O)c1cc(N2CCOCC2)c(OC)c(C(C)(C)C)c1. The molecule has 4 rings (SSSR count). The number of carbonyl (C=O) groups is 1. The van der Waals surface area contributed by atoms with Crippen LogP contribution in [0.1, 0.15) is 75.9 Å². The molecule has 0 saturated carbocycles. The van der Waals surface area contributed by atoms with Gasteiger partial charge in [0, 0.05) is 35.8 Å². The normalized spacial score (nSPS) is 14.3. The maximum Gasteiger partial charge on any atom is 0.355 e. The number of nitrogens with zero attached hydrogens (tertiary/aromatic N) is 5. The van der Waals surface area contributed by atoms with Crippen LogP contribution in [0.4, 0.5) is 11.6 Å². The van der Waals surface area contributed by atoms with Crippen molar-refractivity contribution in [3.63, 3.8) is 0 Å². The third kappa shape index (κ3) is 5.95. The third-order valence-electron chi connectivity index (χ3n) is 7.31. The predicted octanol–water partition coefficient (Wildman–Crippen LogP) is 3.75. The van der Waals surface area contributed by atoms with Crippen molar-refractivity contribution in [1.82, 2.24) is 14.7 Å². The molecule has 2 N–H and O–H groups in total. The number of carbonyl (C=O) groups excluding carboxylic acids is 1. The van der Waals surface area contributed by atoms with E-state index >= 15 is 0 Å². The van der Waals surface area contributed by atoms with E-state index in [9.17, 15) is 4.79 Å². The minimum Gasteiger partial charge on any atom is -0.494 e. The van der Waals surface area contributed by atoms with Gasteiger partial charge in [-0.2, -0.15) is 0 Å². The molecule has 0 atom stereocenters. The molecular formula is C29H43N6O4+. The van der Waals surface area contributed by atoms with Crippen molar-refractivity contribution in [3.05, 3.63) is 34.9 Å². The zero-order chi connectivity index (χ0) is 28.3. The van der Waals surface area contributed by atoms with Gasteiger partial charge in [-0.3, -0.25) is 4.79 Å². The van der Waals surface area contributed by atoms with Crippen LogP contribution in [0, 0.1) is 0 Å². The highest BCUT2D eigenvalue weighted by molar-refractivity contribution is 5.97. The highest BCUT2D eigenvalue weighted by Crippen LogP contribution is 2.40. The molecule has 1 saturated heterocycles. The number of nitrogen functional groups attached to an aromatic ring is 1. The van der Waals surface area contributed by atoms with Crippen LogP contribution in [0.5, 0.6) is 11.6 Å². The van der Waals surface area contributed by atoms with Gasteiger partial charge in [0.1, 0.15) is 11.9 Å². The van der Waals surface area contributed by atoms with Crippen LogP contribution in [0.3, 0.4) is 0 Å². The zero-order valence-corrected chi connectivity index (χ0v) is 24.4. The number of aryl methyl sites for hydroxylation is 1. The van der Waals surface area contributed by atoms with Gasteiger partial charge in [-0.25, -0.2) is 0 Å². The molecule has 0 unspecified atom stereocenters. The number of aromatic nitrogens is 4. The maximum atomic E-state index is 13.8. The summed E-state index contributed by atoms with van der Waals surface area (Å²) in [5, 5.41) is 9.14. The van der Waals surface area contributed by atoms with Crippen LogP contribution in [-0.4, -0.2) is 60.0 Å². The summed E-state index contributed by atoms with van der Waals surface area (Å²) in [6.45, 7) is 15.4. The quantitative estimate of drug-likeness (QED) is 0.307. The van der Waals surface area contributed by atoms with E-state index in [4.69, 9.17) is 19.9 Å². The molecule has 2 aromatic heterocycles. The van der Waals surface area contributed by atoms with E-state index in [-0.39, 0.29) is 29.8 Å². The topological polar surface area (TPSA) is 108 Å². The van der Waals surface area contributed by atoms with Gasteiger partial charge in [0.2, 0.25) is 5.78 Å². The van der Waals surface area contributed by atoms with Gasteiger partial charge >= 0.3 is 11.6 Å². The maximum absolute atomic E-state index is 13.8. The number of morpholine rings is 1. The van der Waals surface area contributed by atoms with Gasteiger partial charge in [-0.05, 0) is 47.0 Å². The Bertz CT molecular complexity index is 1320. The number of hydrogen-bond acceptors (Lipinski definition) is 8. The number of anilines is 2. The van der Waals surface area contributed by atoms with Gasteiger partial charge in [-0.1, -0.05) is 46.1 Å². The Hall–Kier alpha value is -3.40. The third-order valence-corrected chi connectivity index (χ3v) is 7.31. The first-order chi connectivity index (χ1) is 18.6. The molecular weight excluding hydrogens is 496 g/mol. The lowest BCUT2D eigenvalue weighted by atomic mass is 9.84. The summed E-state index contributed by atoms with van der Waals surface area (Å²) in [5.74, 6) is 1.49. The fraction of sp³-hybridized carbons (Fsp3) is 0.586. The average Bonchev–Trinajstić information content (AvgIpc) is 3.23. The van der Waals surface area contributed by atoms with Crippen LogP contribution in [0.15, 0.2) is 18.2 Å². The van der Waals surface area contributed by atoms with E-state index < -0.39 is 0 Å². The minimum atomic E-state index is -0.230. The molecule has 3 aromatic rings. The molecule has 1 fully saturated rings. The monoisotopic (exact) mass is 539 g/mol. The number of hydrogen-bond donors (Lipinski definition) is 1. The van der Waals surface area contributed by atoms with E-state index in [1.165, 1.54) is 0 Å². The van der Waals surface area contributed by atoms with Crippen LogP contribution in [0.25, 0.3) is 5.65 Å². The first-order valence-electron chi connectivity index (χ1n) is 13.9. The van der Waals surface area contributed by atoms with Crippen LogP contribution >= 0.6 is 0 Å². The fourth-order valence-electron chi connectivity index (χ4n) is 4.95.